The summed E-state index contributed by atoms with van der Waals surface area (Å²) in [5.41, 5.74) is 3.70. The number of hydrogen-bond acceptors (Lipinski definition) is 6. The van der Waals surface area contributed by atoms with Crippen LogP contribution in [0.1, 0.15) is 35.6 Å². The molecule has 0 saturated carbocycles. The number of nitrogens with zero attached hydrogens (tertiary/aromatic N) is 3. The molecular weight excluding hydrogens is 402 g/mol. The number of nitrogens with one attached hydrogen (secondary N) is 4. The predicted octanol–water partition coefficient (Wildman–Crippen LogP) is 4.67. The molecule has 1 aliphatic rings. The van der Waals surface area contributed by atoms with E-state index in [2.05, 4.69) is 31.0 Å². The zero-order valence-electron chi connectivity index (χ0n) is 18.5. The van der Waals surface area contributed by atoms with E-state index in [4.69, 9.17) is 16.3 Å². The number of aryl methyl sites for hydroxylation is 2. The minimum absolute atomic E-state index is 0.327. The normalized spacial score (nSPS) is 14.0. The zero-order valence-corrected chi connectivity index (χ0v) is 18.5. The summed E-state index contributed by atoms with van der Waals surface area (Å²) >= 11 is 0. The van der Waals surface area contributed by atoms with E-state index < -0.39 is 0 Å². The summed E-state index contributed by atoms with van der Waals surface area (Å²) in [7, 11) is 0. The molecule has 8 heteroatoms. The van der Waals surface area contributed by atoms with E-state index in [1.54, 1.807) is 0 Å². The van der Waals surface area contributed by atoms with E-state index in [0.717, 1.165) is 48.5 Å². The maximum Gasteiger partial charge on any atom is 0.231 e. The standard InChI is InChI=1S/C24H29N7O/c1-16-6-4-5-7-20(16)32-13-12-27-24-23(25-3)19(18-8-10-26-11-9-18)15-21(29-24)28-22-14-17(2)30-31-22/h4-7,14-15,18,26H,8-13H2,1-2H3,(H3,27,28,29,30,31). The molecule has 0 bridgehead atoms. The fraction of sp³-hybridized carbons (Fsp3) is 0.375. The third kappa shape index (κ3) is 5.18. The third-order valence-electron chi connectivity index (χ3n) is 5.62. The molecule has 1 aromatic carbocycles. The average Bonchev–Trinajstić information content (AvgIpc) is 3.22. The number of hydrogen-bond donors (Lipinski definition) is 4. The van der Waals surface area contributed by atoms with Crippen LogP contribution in [0.5, 0.6) is 5.75 Å². The number of rotatable bonds is 8. The Labute approximate surface area is 188 Å². The number of aromatic nitrogens is 3. The molecule has 8 nitrogen and oxygen atoms in total. The van der Waals surface area contributed by atoms with E-state index in [1.807, 2.05) is 50.2 Å². The second-order valence-electron chi connectivity index (χ2n) is 8.03. The van der Waals surface area contributed by atoms with Gasteiger partial charge in [0.2, 0.25) is 5.69 Å². The van der Waals surface area contributed by atoms with Gasteiger partial charge in [-0.3, -0.25) is 5.10 Å². The number of anilines is 3. The smallest absolute Gasteiger partial charge is 0.231 e. The van der Waals surface area contributed by atoms with E-state index in [1.165, 1.54) is 0 Å². The molecule has 2 aromatic heterocycles. The molecule has 1 fully saturated rings. The summed E-state index contributed by atoms with van der Waals surface area (Å²) in [6, 6.07) is 11.9. The number of pyridine rings is 1. The molecule has 166 valence electrons. The molecule has 0 spiro atoms. The highest BCUT2D eigenvalue weighted by molar-refractivity contribution is 5.74. The van der Waals surface area contributed by atoms with Gasteiger partial charge in [-0.2, -0.15) is 5.10 Å². The van der Waals surface area contributed by atoms with Crippen LogP contribution in [-0.2, 0) is 0 Å². The number of H-pyrrole nitrogens is 1. The van der Waals surface area contributed by atoms with Crippen molar-refractivity contribution in [3.63, 3.8) is 0 Å². The second-order valence-corrected chi connectivity index (χ2v) is 8.03. The zero-order chi connectivity index (χ0) is 22.3. The highest BCUT2D eigenvalue weighted by Gasteiger charge is 2.22. The molecule has 4 N–H and O–H groups in total. The molecule has 0 atom stereocenters. The summed E-state index contributed by atoms with van der Waals surface area (Å²) in [5.74, 6) is 3.16. The SMILES string of the molecule is [C-]#[N+]c1c(C2CCNCC2)cc(Nc2cc(C)[nH]n2)nc1NCCOc1ccccc1C. The van der Waals surface area contributed by atoms with Crippen molar-refractivity contribution in [2.45, 2.75) is 32.6 Å². The van der Waals surface area contributed by atoms with Gasteiger partial charge >= 0.3 is 0 Å². The van der Waals surface area contributed by atoms with Gasteiger partial charge in [-0.15, -0.1) is 0 Å². The molecule has 0 amide bonds. The van der Waals surface area contributed by atoms with Gasteiger partial charge in [0, 0.05) is 18.3 Å². The first kappa shape index (κ1) is 21.7. The first-order chi connectivity index (χ1) is 15.6. The number of aromatic amines is 1. The van der Waals surface area contributed by atoms with Crippen molar-refractivity contribution in [3.05, 3.63) is 64.6 Å². The van der Waals surface area contributed by atoms with Crippen LogP contribution < -0.4 is 20.7 Å². The van der Waals surface area contributed by atoms with Gasteiger partial charge < -0.3 is 20.7 Å². The fourth-order valence-corrected chi connectivity index (χ4v) is 3.97. The van der Waals surface area contributed by atoms with Gasteiger partial charge in [0.05, 0.1) is 6.57 Å². The van der Waals surface area contributed by atoms with Crippen LogP contribution in [0.15, 0.2) is 36.4 Å². The van der Waals surface area contributed by atoms with Gasteiger partial charge in [0.1, 0.15) is 24.0 Å². The van der Waals surface area contributed by atoms with Gasteiger partial charge in [-0.05, 0) is 69.0 Å². The van der Waals surface area contributed by atoms with Crippen LogP contribution in [0.3, 0.4) is 0 Å². The van der Waals surface area contributed by atoms with Gasteiger partial charge in [-0.25, -0.2) is 9.83 Å². The van der Waals surface area contributed by atoms with Crippen molar-refractivity contribution >= 4 is 23.1 Å². The Morgan fingerprint density at radius 2 is 1.97 bits per heavy atom. The van der Waals surface area contributed by atoms with Crippen LogP contribution in [0.25, 0.3) is 4.85 Å². The van der Waals surface area contributed by atoms with Crippen LogP contribution >= 0.6 is 0 Å². The average molecular weight is 432 g/mol. The van der Waals surface area contributed by atoms with Gasteiger partial charge in [0.25, 0.3) is 0 Å². The summed E-state index contributed by atoms with van der Waals surface area (Å²) in [6.45, 7) is 14.8. The number of piperidine rings is 1. The van der Waals surface area contributed by atoms with Crippen molar-refractivity contribution in [2.75, 3.05) is 36.9 Å². The van der Waals surface area contributed by atoms with E-state index >= 15 is 0 Å². The Morgan fingerprint density at radius 1 is 1.16 bits per heavy atom. The first-order valence-corrected chi connectivity index (χ1v) is 11.0. The molecule has 0 unspecified atom stereocenters. The minimum Gasteiger partial charge on any atom is -0.491 e. The lowest BCUT2D eigenvalue weighted by Gasteiger charge is -2.25. The second kappa shape index (κ2) is 10.2. The summed E-state index contributed by atoms with van der Waals surface area (Å²) in [4.78, 5) is 8.57. The Bertz CT molecular complexity index is 1100. The lowest BCUT2D eigenvalue weighted by molar-refractivity contribution is 0.330. The Morgan fingerprint density at radius 3 is 2.69 bits per heavy atom. The fourth-order valence-electron chi connectivity index (χ4n) is 3.97. The molecule has 32 heavy (non-hydrogen) atoms. The molecular formula is C24H29N7O. The van der Waals surface area contributed by atoms with Crippen molar-refractivity contribution < 1.29 is 4.74 Å². The van der Waals surface area contributed by atoms with Crippen molar-refractivity contribution in [3.8, 4) is 5.75 Å². The first-order valence-electron chi connectivity index (χ1n) is 11.0. The van der Waals surface area contributed by atoms with Gasteiger partial charge in [0.15, 0.2) is 5.82 Å². The Kier molecular flexibility index (Phi) is 6.87. The van der Waals surface area contributed by atoms with Crippen molar-refractivity contribution in [1.82, 2.24) is 20.5 Å². The van der Waals surface area contributed by atoms with E-state index in [9.17, 15) is 0 Å². The largest absolute Gasteiger partial charge is 0.491 e. The molecule has 4 rings (SSSR count). The maximum atomic E-state index is 7.84. The van der Waals surface area contributed by atoms with E-state index in [0.29, 0.717) is 42.2 Å². The number of para-hydroxylation sites is 1. The Hall–Kier alpha value is -3.57. The Balaban J connectivity index is 1.55. The summed E-state index contributed by atoms with van der Waals surface area (Å²) < 4.78 is 5.90. The lowest BCUT2D eigenvalue weighted by atomic mass is 9.89. The van der Waals surface area contributed by atoms with Crippen molar-refractivity contribution in [2.24, 2.45) is 0 Å². The lowest BCUT2D eigenvalue weighted by Crippen LogP contribution is -2.26. The van der Waals surface area contributed by atoms with Crippen LogP contribution in [0, 0.1) is 20.4 Å². The molecule has 1 saturated heterocycles. The molecule has 0 aliphatic carbocycles. The summed E-state index contributed by atoms with van der Waals surface area (Å²) in [5, 5.41) is 17.2. The quantitative estimate of drug-likeness (QED) is 0.306. The van der Waals surface area contributed by atoms with Crippen LogP contribution in [0.2, 0.25) is 0 Å². The third-order valence-corrected chi connectivity index (χ3v) is 5.62. The highest BCUT2D eigenvalue weighted by atomic mass is 16.5. The van der Waals surface area contributed by atoms with Crippen LogP contribution in [-0.4, -0.2) is 41.4 Å². The number of benzene rings is 1. The monoisotopic (exact) mass is 431 g/mol. The van der Waals surface area contributed by atoms with Crippen LogP contribution in [0.4, 0.5) is 23.1 Å². The topological polar surface area (TPSA) is 91.3 Å². The molecule has 0 radical (unpaired) electrons. The van der Waals surface area contributed by atoms with Gasteiger partial charge in [-0.1, -0.05) is 18.2 Å². The summed E-state index contributed by atoms with van der Waals surface area (Å²) in [6.07, 6.45) is 2.01. The highest BCUT2D eigenvalue weighted by Crippen LogP contribution is 2.39. The minimum atomic E-state index is 0.327. The molecule has 3 aromatic rings. The van der Waals surface area contributed by atoms with E-state index in [-0.39, 0.29) is 0 Å². The maximum absolute atomic E-state index is 7.84. The molecule has 1 aliphatic heterocycles. The molecule has 3 heterocycles. The van der Waals surface area contributed by atoms with Crippen molar-refractivity contribution in [1.29, 1.82) is 0 Å². The predicted molar refractivity (Wildman–Crippen MR) is 127 cm³/mol. The number of ether oxygens (including phenoxy) is 1.